The van der Waals surface area contributed by atoms with Crippen molar-refractivity contribution in [3.05, 3.63) is 106 Å². The summed E-state index contributed by atoms with van der Waals surface area (Å²) in [7, 11) is 0. The van der Waals surface area contributed by atoms with Crippen molar-refractivity contribution in [2.45, 2.75) is 51.7 Å². The molecule has 0 saturated carbocycles. The van der Waals surface area contributed by atoms with Gasteiger partial charge in [0.1, 0.15) is 0 Å². The van der Waals surface area contributed by atoms with Crippen LogP contribution in [0.15, 0.2) is 72.8 Å². The van der Waals surface area contributed by atoms with Crippen molar-refractivity contribution >= 4 is 17.5 Å². The third-order valence-corrected chi connectivity index (χ3v) is 6.67. The van der Waals surface area contributed by atoms with Crippen LogP contribution >= 0.6 is 11.6 Å². The van der Waals surface area contributed by atoms with Crippen LogP contribution < -0.4 is 5.32 Å². The molecule has 0 radical (unpaired) electrons. The van der Waals surface area contributed by atoms with E-state index in [-0.39, 0.29) is 11.9 Å². The largest absolute Gasteiger partial charge is 0.335 e. The minimum absolute atomic E-state index is 0.141. The van der Waals surface area contributed by atoms with Gasteiger partial charge in [-0.3, -0.25) is 4.79 Å². The first-order valence-corrected chi connectivity index (χ1v) is 11.8. The van der Waals surface area contributed by atoms with Gasteiger partial charge in [-0.1, -0.05) is 77.3 Å². The van der Waals surface area contributed by atoms with E-state index in [1.807, 2.05) is 36.4 Å². The van der Waals surface area contributed by atoms with Gasteiger partial charge in [-0.15, -0.1) is 0 Å². The van der Waals surface area contributed by atoms with E-state index in [0.717, 1.165) is 59.6 Å². The molecule has 1 N–H and O–H groups in total. The molecule has 3 aromatic rings. The third kappa shape index (κ3) is 5.59. The summed E-state index contributed by atoms with van der Waals surface area (Å²) in [4.78, 5) is 15.6. The van der Waals surface area contributed by atoms with E-state index in [0.29, 0.717) is 6.04 Å². The number of amides is 1. The summed E-state index contributed by atoms with van der Waals surface area (Å²) in [6.07, 6.45) is 2.73. The van der Waals surface area contributed by atoms with E-state index in [9.17, 15) is 4.79 Å². The maximum absolute atomic E-state index is 13.5. The third-order valence-electron chi connectivity index (χ3n) is 6.30. The Morgan fingerprint density at radius 1 is 1.00 bits per heavy atom. The highest BCUT2D eigenvalue weighted by Crippen LogP contribution is 2.25. The van der Waals surface area contributed by atoms with Crippen LogP contribution in [0, 0.1) is 13.8 Å². The number of carbonyl (C=O) groups excluding carboxylic acids is 1. The SMILES string of the molecule is Cc1cc(C)cc(C(=O)N2CCC(NCc3ccccc3Cl)CC2Cc2ccccc2)c1. The van der Waals surface area contributed by atoms with Crippen molar-refractivity contribution in [2.75, 3.05) is 6.54 Å². The van der Waals surface area contributed by atoms with Crippen LogP contribution in [0.4, 0.5) is 0 Å². The van der Waals surface area contributed by atoms with Crippen molar-refractivity contribution in [3.63, 3.8) is 0 Å². The molecule has 166 valence electrons. The zero-order valence-corrected chi connectivity index (χ0v) is 19.6. The van der Waals surface area contributed by atoms with Crippen LogP contribution in [0.25, 0.3) is 0 Å². The molecule has 4 rings (SSSR count). The van der Waals surface area contributed by atoms with Gasteiger partial charge in [0.15, 0.2) is 0 Å². The van der Waals surface area contributed by atoms with Gasteiger partial charge in [0.25, 0.3) is 5.91 Å². The van der Waals surface area contributed by atoms with Gasteiger partial charge in [0, 0.05) is 35.8 Å². The lowest BCUT2D eigenvalue weighted by atomic mass is 9.91. The summed E-state index contributed by atoms with van der Waals surface area (Å²) in [5.41, 5.74) is 5.43. The lowest BCUT2D eigenvalue weighted by molar-refractivity contribution is 0.0576. The molecular formula is C28H31ClN2O. The Balaban J connectivity index is 1.51. The molecule has 3 nitrogen and oxygen atoms in total. The second-order valence-electron chi connectivity index (χ2n) is 8.91. The molecule has 0 aliphatic carbocycles. The Morgan fingerprint density at radius 3 is 2.41 bits per heavy atom. The fraction of sp³-hybridized carbons (Fsp3) is 0.321. The number of likely N-dealkylation sites (tertiary alicyclic amines) is 1. The lowest BCUT2D eigenvalue weighted by Gasteiger charge is -2.40. The van der Waals surface area contributed by atoms with Gasteiger partial charge >= 0.3 is 0 Å². The molecule has 2 atom stereocenters. The van der Waals surface area contributed by atoms with Crippen LogP contribution in [0.2, 0.25) is 5.02 Å². The fourth-order valence-corrected chi connectivity index (χ4v) is 4.95. The lowest BCUT2D eigenvalue weighted by Crippen LogP contribution is -2.51. The first kappa shape index (κ1) is 22.6. The highest BCUT2D eigenvalue weighted by molar-refractivity contribution is 6.31. The van der Waals surface area contributed by atoms with Crippen molar-refractivity contribution in [1.29, 1.82) is 0 Å². The standard InChI is InChI=1S/C28H31ClN2O/c1-20-14-21(2)16-24(15-20)28(32)31-13-12-25(30-19-23-10-6-7-11-27(23)29)18-26(31)17-22-8-4-3-5-9-22/h3-11,14-16,25-26,30H,12-13,17-19H2,1-2H3. The van der Waals surface area contributed by atoms with E-state index in [2.05, 4.69) is 60.5 Å². The minimum atomic E-state index is 0.141. The van der Waals surface area contributed by atoms with E-state index in [4.69, 9.17) is 11.6 Å². The zero-order chi connectivity index (χ0) is 22.5. The molecule has 1 heterocycles. The summed E-state index contributed by atoms with van der Waals surface area (Å²) >= 11 is 6.34. The van der Waals surface area contributed by atoms with Crippen LogP contribution in [-0.4, -0.2) is 29.4 Å². The normalized spacial score (nSPS) is 18.5. The van der Waals surface area contributed by atoms with E-state index < -0.39 is 0 Å². The molecule has 0 spiro atoms. The summed E-state index contributed by atoms with van der Waals surface area (Å²) in [6.45, 7) is 5.60. The number of aryl methyl sites for hydroxylation is 2. The van der Waals surface area contributed by atoms with Crippen molar-refractivity contribution in [3.8, 4) is 0 Å². The Hall–Kier alpha value is -2.62. The minimum Gasteiger partial charge on any atom is -0.335 e. The number of nitrogens with zero attached hydrogens (tertiary/aromatic N) is 1. The first-order valence-electron chi connectivity index (χ1n) is 11.4. The molecule has 1 aliphatic rings. The van der Waals surface area contributed by atoms with Crippen molar-refractivity contribution in [2.24, 2.45) is 0 Å². The molecule has 1 aliphatic heterocycles. The average Bonchev–Trinajstić information content (AvgIpc) is 2.78. The average molecular weight is 447 g/mol. The summed E-state index contributed by atoms with van der Waals surface area (Å²) < 4.78 is 0. The molecule has 32 heavy (non-hydrogen) atoms. The number of hydrogen-bond acceptors (Lipinski definition) is 2. The molecule has 1 saturated heterocycles. The fourth-order valence-electron chi connectivity index (χ4n) is 4.74. The second kappa shape index (κ2) is 10.3. The van der Waals surface area contributed by atoms with Gasteiger partial charge in [0.05, 0.1) is 0 Å². The number of carbonyl (C=O) groups is 1. The number of benzene rings is 3. The quantitative estimate of drug-likeness (QED) is 0.506. The van der Waals surface area contributed by atoms with E-state index in [1.54, 1.807) is 0 Å². The van der Waals surface area contributed by atoms with Gasteiger partial charge in [-0.25, -0.2) is 0 Å². The van der Waals surface area contributed by atoms with E-state index in [1.165, 1.54) is 5.56 Å². The molecule has 0 aromatic heterocycles. The number of hydrogen-bond donors (Lipinski definition) is 1. The van der Waals surface area contributed by atoms with Crippen LogP contribution in [0.1, 0.15) is 45.5 Å². The molecule has 3 aromatic carbocycles. The predicted octanol–water partition coefficient (Wildman–Crippen LogP) is 5.96. The van der Waals surface area contributed by atoms with Gasteiger partial charge < -0.3 is 10.2 Å². The van der Waals surface area contributed by atoms with Crippen molar-refractivity contribution < 1.29 is 4.79 Å². The molecule has 4 heteroatoms. The number of nitrogens with one attached hydrogen (secondary N) is 1. The van der Waals surface area contributed by atoms with Gasteiger partial charge in [0.2, 0.25) is 0 Å². The highest BCUT2D eigenvalue weighted by atomic mass is 35.5. The number of piperidine rings is 1. The maximum Gasteiger partial charge on any atom is 0.254 e. The number of halogens is 1. The first-order chi connectivity index (χ1) is 15.5. The van der Waals surface area contributed by atoms with Gasteiger partial charge in [-0.2, -0.15) is 0 Å². The predicted molar refractivity (Wildman–Crippen MR) is 132 cm³/mol. The van der Waals surface area contributed by atoms with Crippen LogP contribution in [-0.2, 0) is 13.0 Å². The smallest absolute Gasteiger partial charge is 0.254 e. The molecule has 1 fully saturated rings. The Kier molecular flexibility index (Phi) is 7.29. The van der Waals surface area contributed by atoms with Crippen LogP contribution in [0.5, 0.6) is 0 Å². The Labute approximate surface area is 196 Å². The molecule has 1 amide bonds. The zero-order valence-electron chi connectivity index (χ0n) is 18.9. The highest BCUT2D eigenvalue weighted by Gasteiger charge is 2.32. The summed E-state index contributed by atoms with van der Waals surface area (Å²) in [6, 6.07) is 25.1. The Bertz CT molecular complexity index is 1050. The maximum atomic E-state index is 13.5. The monoisotopic (exact) mass is 446 g/mol. The van der Waals surface area contributed by atoms with Crippen molar-refractivity contribution in [1.82, 2.24) is 10.2 Å². The second-order valence-corrected chi connectivity index (χ2v) is 9.32. The topological polar surface area (TPSA) is 32.3 Å². The molecule has 2 unspecified atom stereocenters. The Morgan fingerprint density at radius 2 is 1.69 bits per heavy atom. The molecular weight excluding hydrogens is 416 g/mol. The van der Waals surface area contributed by atoms with Crippen LogP contribution in [0.3, 0.4) is 0 Å². The van der Waals surface area contributed by atoms with E-state index >= 15 is 0 Å². The number of rotatable bonds is 6. The molecule has 0 bridgehead atoms. The summed E-state index contributed by atoms with van der Waals surface area (Å²) in [5.74, 6) is 0.141. The summed E-state index contributed by atoms with van der Waals surface area (Å²) in [5, 5.41) is 4.48. The van der Waals surface area contributed by atoms with Gasteiger partial charge in [-0.05, 0) is 62.4 Å².